The number of nitrogens with zero attached hydrogens (tertiary/aromatic N) is 3. The Morgan fingerprint density at radius 3 is 3.17 bits per heavy atom. The molecule has 0 saturated heterocycles. The van der Waals surface area contributed by atoms with Gasteiger partial charge in [0.1, 0.15) is 12.0 Å². The van der Waals surface area contributed by atoms with E-state index in [4.69, 9.17) is 5.73 Å². The lowest BCUT2D eigenvalue weighted by Gasteiger charge is -1.91. The average molecular weight is 162 g/mol. The molecule has 0 spiro atoms. The fourth-order valence-electron chi connectivity index (χ4n) is 1.14. The van der Waals surface area contributed by atoms with Crippen molar-refractivity contribution in [3.8, 4) is 0 Å². The molecule has 0 unspecified atom stereocenters. The van der Waals surface area contributed by atoms with Crippen LogP contribution in [0, 0.1) is 6.92 Å². The molecule has 4 heteroatoms. The van der Waals surface area contributed by atoms with Crippen LogP contribution < -0.4 is 5.73 Å². The van der Waals surface area contributed by atoms with Crippen LogP contribution in [0.4, 0.5) is 0 Å². The summed E-state index contributed by atoms with van der Waals surface area (Å²) in [5, 5.41) is 0. The molecule has 62 valence electrons. The van der Waals surface area contributed by atoms with Crippen molar-refractivity contribution in [2.24, 2.45) is 5.73 Å². The fraction of sp³-hybridized carbons (Fsp3) is 0.250. The van der Waals surface area contributed by atoms with Gasteiger partial charge in [0.25, 0.3) is 0 Å². The van der Waals surface area contributed by atoms with Crippen LogP contribution in [0.25, 0.3) is 5.65 Å². The summed E-state index contributed by atoms with van der Waals surface area (Å²) in [5.74, 6) is 0. The zero-order valence-corrected chi connectivity index (χ0v) is 6.86. The van der Waals surface area contributed by atoms with E-state index in [9.17, 15) is 0 Å². The summed E-state index contributed by atoms with van der Waals surface area (Å²) >= 11 is 0. The molecule has 2 heterocycles. The number of rotatable bonds is 1. The third-order valence-electron chi connectivity index (χ3n) is 1.74. The molecule has 0 aliphatic heterocycles. The molecule has 2 rings (SSSR count). The number of fused-ring (bicyclic) bond motifs is 1. The molecule has 0 aliphatic carbocycles. The molecule has 0 atom stereocenters. The van der Waals surface area contributed by atoms with Gasteiger partial charge in [-0.3, -0.25) is 4.40 Å². The lowest BCUT2D eigenvalue weighted by molar-refractivity contribution is 1.01. The molecular weight excluding hydrogens is 152 g/mol. The predicted molar refractivity (Wildman–Crippen MR) is 45.6 cm³/mol. The zero-order valence-electron chi connectivity index (χ0n) is 6.86. The van der Waals surface area contributed by atoms with E-state index in [1.165, 1.54) is 0 Å². The van der Waals surface area contributed by atoms with E-state index in [0.717, 1.165) is 17.0 Å². The van der Waals surface area contributed by atoms with Crippen LogP contribution in [0.2, 0.25) is 0 Å². The molecule has 2 aromatic heterocycles. The molecule has 0 amide bonds. The summed E-state index contributed by atoms with van der Waals surface area (Å²) in [4.78, 5) is 8.43. The molecule has 0 bridgehead atoms. The van der Waals surface area contributed by atoms with Crippen molar-refractivity contribution in [3.05, 3.63) is 30.0 Å². The van der Waals surface area contributed by atoms with Crippen molar-refractivity contribution < 1.29 is 0 Å². The second-order valence-corrected chi connectivity index (χ2v) is 2.73. The molecule has 4 nitrogen and oxygen atoms in total. The standard InChI is InChI=1S/C8H10N4/c1-6-2-8-11-7(3-9)4-12(8)5-10-6/h2,4-5H,3,9H2,1H3. The van der Waals surface area contributed by atoms with E-state index in [1.54, 1.807) is 6.33 Å². The van der Waals surface area contributed by atoms with Gasteiger partial charge in [-0.1, -0.05) is 0 Å². The summed E-state index contributed by atoms with van der Waals surface area (Å²) in [5.41, 5.74) is 8.22. The maximum absolute atomic E-state index is 5.46. The maximum atomic E-state index is 5.46. The first-order valence-corrected chi connectivity index (χ1v) is 3.80. The van der Waals surface area contributed by atoms with Crippen molar-refractivity contribution in [3.63, 3.8) is 0 Å². The summed E-state index contributed by atoms with van der Waals surface area (Å²) in [6.45, 7) is 2.41. The number of hydrogen-bond acceptors (Lipinski definition) is 3. The van der Waals surface area contributed by atoms with Crippen LogP contribution in [-0.4, -0.2) is 14.4 Å². The fourth-order valence-corrected chi connectivity index (χ4v) is 1.14. The lowest BCUT2D eigenvalue weighted by Crippen LogP contribution is -1.95. The minimum atomic E-state index is 0.473. The predicted octanol–water partition coefficient (Wildman–Crippen LogP) is 0.496. The molecule has 0 aliphatic rings. The quantitative estimate of drug-likeness (QED) is 0.664. The van der Waals surface area contributed by atoms with Crippen LogP contribution in [0.5, 0.6) is 0 Å². The Morgan fingerprint density at radius 1 is 1.58 bits per heavy atom. The monoisotopic (exact) mass is 162 g/mol. The van der Waals surface area contributed by atoms with Gasteiger partial charge >= 0.3 is 0 Å². The van der Waals surface area contributed by atoms with Crippen LogP contribution >= 0.6 is 0 Å². The second-order valence-electron chi connectivity index (χ2n) is 2.73. The van der Waals surface area contributed by atoms with E-state index in [1.807, 2.05) is 23.6 Å². The van der Waals surface area contributed by atoms with Gasteiger partial charge in [0.15, 0.2) is 0 Å². The van der Waals surface area contributed by atoms with Gasteiger partial charge in [0.05, 0.1) is 5.69 Å². The summed E-state index contributed by atoms with van der Waals surface area (Å²) in [6, 6.07) is 1.93. The number of aromatic nitrogens is 3. The Kier molecular flexibility index (Phi) is 1.55. The Labute approximate surface area is 70.1 Å². The third-order valence-corrected chi connectivity index (χ3v) is 1.74. The number of hydrogen-bond donors (Lipinski definition) is 1. The highest BCUT2D eigenvalue weighted by Gasteiger charge is 1.98. The largest absolute Gasteiger partial charge is 0.325 e. The Hall–Kier alpha value is -1.42. The van der Waals surface area contributed by atoms with Gasteiger partial charge in [-0.15, -0.1) is 0 Å². The molecule has 0 saturated carbocycles. The summed E-state index contributed by atoms with van der Waals surface area (Å²) < 4.78 is 1.87. The van der Waals surface area contributed by atoms with E-state index in [-0.39, 0.29) is 0 Å². The van der Waals surface area contributed by atoms with Crippen molar-refractivity contribution in [1.29, 1.82) is 0 Å². The summed E-state index contributed by atoms with van der Waals surface area (Å²) in [6.07, 6.45) is 3.64. The Bertz CT molecular complexity index is 404. The van der Waals surface area contributed by atoms with Crippen molar-refractivity contribution in [2.45, 2.75) is 13.5 Å². The topological polar surface area (TPSA) is 56.2 Å². The molecular formula is C8H10N4. The van der Waals surface area contributed by atoms with Gasteiger partial charge in [-0.05, 0) is 6.92 Å². The first kappa shape index (κ1) is 7.24. The van der Waals surface area contributed by atoms with Gasteiger partial charge in [-0.25, -0.2) is 9.97 Å². The van der Waals surface area contributed by atoms with Crippen LogP contribution in [-0.2, 0) is 6.54 Å². The Morgan fingerprint density at radius 2 is 2.42 bits per heavy atom. The van der Waals surface area contributed by atoms with Crippen molar-refractivity contribution in [1.82, 2.24) is 14.4 Å². The second kappa shape index (κ2) is 2.57. The molecule has 0 fully saturated rings. The van der Waals surface area contributed by atoms with Gasteiger partial charge in [0, 0.05) is 24.5 Å². The van der Waals surface area contributed by atoms with Gasteiger partial charge in [-0.2, -0.15) is 0 Å². The van der Waals surface area contributed by atoms with Gasteiger partial charge < -0.3 is 5.73 Å². The van der Waals surface area contributed by atoms with Gasteiger partial charge in [0.2, 0.25) is 0 Å². The molecule has 2 aromatic rings. The minimum Gasteiger partial charge on any atom is -0.325 e. The van der Waals surface area contributed by atoms with E-state index >= 15 is 0 Å². The van der Waals surface area contributed by atoms with Crippen LogP contribution in [0.15, 0.2) is 18.6 Å². The SMILES string of the molecule is Cc1cc2nc(CN)cn2cn1. The lowest BCUT2D eigenvalue weighted by atomic mass is 10.4. The highest BCUT2D eigenvalue weighted by atomic mass is 15.0. The third kappa shape index (κ3) is 1.06. The molecule has 0 radical (unpaired) electrons. The summed E-state index contributed by atoms with van der Waals surface area (Å²) in [7, 11) is 0. The highest BCUT2D eigenvalue weighted by molar-refractivity contribution is 5.40. The molecule has 0 aromatic carbocycles. The average Bonchev–Trinajstić information content (AvgIpc) is 2.46. The van der Waals surface area contributed by atoms with Crippen molar-refractivity contribution >= 4 is 5.65 Å². The molecule has 2 N–H and O–H groups in total. The molecule has 12 heavy (non-hydrogen) atoms. The van der Waals surface area contributed by atoms with E-state index in [2.05, 4.69) is 9.97 Å². The normalized spacial score (nSPS) is 10.8. The first-order valence-electron chi connectivity index (χ1n) is 3.80. The van der Waals surface area contributed by atoms with E-state index in [0.29, 0.717) is 6.54 Å². The van der Waals surface area contributed by atoms with Crippen LogP contribution in [0.3, 0.4) is 0 Å². The van der Waals surface area contributed by atoms with Crippen LogP contribution in [0.1, 0.15) is 11.4 Å². The maximum Gasteiger partial charge on any atom is 0.140 e. The number of nitrogens with two attached hydrogens (primary N) is 1. The number of imidazole rings is 1. The Balaban J connectivity index is 2.67. The van der Waals surface area contributed by atoms with Crippen molar-refractivity contribution in [2.75, 3.05) is 0 Å². The van der Waals surface area contributed by atoms with E-state index < -0.39 is 0 Å². The smallest absolute Gasteiger partial charge is 0.140 e. The minimum absolute atomic E-state index is 0.473. The number of aryl methyl sites for hydroxylation is 1. The first-order chi connectivity index (χ1) is 5.79. The highest BCUT2D eigenvalue weighted by Crippen LogP contribution is 2.04. The zero-order chi connectivity index (χ0) is 8.55.